The van der Waals surface area contributed by atoms with Gasteiger partial charge in [-0.05, 0) is 0 Å². The first-order chi connectivity index (χ1) is 1.00. The van der Waals surface area contributed by atoms with Crippen molar-refractivity contribution in [2.45, 2.75) is 0 Å². The van der Waals surface area contributed by atoms with E-state index in [0.29, 0.717) is 0 Å². The van der Waals surface area contributed by atoms with E-state index in [-0.39, 0.29) is 65.1 Å². The van der Waals surface area contributed by atoms with E-state index in [4.69, 9.17) is 4.46 Å². The van der Waals surface area contributed by atoms with Crippen molar-refractivity contribution in [3.63, 3.8) is 0 Å². The van der Waals surface area contributed by atoms with Crippen LogP contribution in [0.25, 0.3) is 0 Å². The van der Waals surface area contributed by atoms with Crippen LogP contribution >= 0.6 is 0 Å². The maximum atomic E-state index is 8.06. The van der Waals surface area contributed by atoms with Crippen molar-refractivity contribution in [3.8, 4) is 0 Å². The van der Waals surface area contributed by atoms with Gasteiger partial charge in [-0.3, -0.25) is 0 Å². The van der Waals surface area contributed by atoms with Gasteiger partial charge in [0, 0.05) is 65.1 Å². The van der Waals surface area contributed by atoms with Crippen molar-refractivity contribution < 1.29 is 23.9 Å². The van der Waals surface area contributed by atoms with E-state index < -0.39 is 0 Å². The van der Waals surface area contributed by atoms with Crippen LogP contribution in [0.15, 0.2) is 0 Å². The van der Waals surface area contributed by atoms with Gasteiger partial charge in [0.05, 0.1) is 0 Å². The summed E-state index contributed by atoms with van der Waals surface area (Å²) < 4.78 is 8.06. The van der Waals surface area contributed by atoms with Crippen LogP contribution in [0.2, 0.25) is 0 Å². The Bertz CT molecular complexity index is 11.6. The molecule has 0 aliphatic rings. The molecule has 0 atom stereocenters. The third kappa shape index (κ3) is 22.9. The maximum Gasteiger partial charge on any atom is 0.381 e. The van der Waals surface area contributed by atoms with Crippen LogP contribution in [0.5, 0.6) is 0 Å². The zero-order valence-corrected chi connectivity index (χ0v) is 12.5. The monoisotopic (exact) mass is 292 g/mol. The molecule has 0 fully saturated rings. The van der Waals surface area contributed by atoms with Crippen molar-refractivity contribution in [2.75, 3.05) is 0 Å². The molecule has 0 aromatic heterocycles. The smallest absolute Gasteiger partial charge is 0.381 e. The summed E-state index contributed by atoms with van der Waals surface area (Å²) in [6, 6.07) is 0. The molecule has 0 saturated heterocycles. The minimum absolute atomic E-state index is 0. The van der Waals surface area contributed by atoms with Gasteiger partial charge in [-0.25, -0.2) is 0 Å². The number of hydrogen-bond donors (Lipinski definition) is 0. The maximum absolute atomic E-state index is 8.06. The summed E-state index contributed by atoms with van der Waals surface area (Å²) >= 11 is 0. The summed E-state index contributed by atoms with van der Waals surface area (Å²) in [6.45, 7) is 0. The zero-order valence-electron chi connectivity index (χ0n) is 2.77. The second kappa shape index (κ2) is 35.3. The Balaban J connectivity index is -0.00000000167. The van der Waals surface area contributed by atoms with Crippen molar-refractivity contribution in [2.24, 2.45) is 0 Å². The molecule has 5 heteroatoms. The number of rotatable bonds is 0. The standard InChI is InChI=1S/Ga.In.OSi.Zn/c;;1-2;. The fourth-order valence-electron chi connectivity index (χ4n) is 0. The predicted octanol–water partition coefficient (Wildman–Crippen LogP) is -1.26. The Morgan fingerprint density at radius 2 is 1.20 bits per heavy atom. The second-order valence-electron chi connectivity index (χ2n) is 0. The molecule has 0 aromatic rings. The average molecular weight is 294 g/mol. The molecule has 8 radical (unpaired) electrons. The summed E-state index contributed by atoms with van der Waals surface area (Å²) in [5.41, 5.74) is 0. The second-order valence-corrected chi connectivity index (χ2v) is 0. The summed E-state index contributed by atoms with van der Waals surface area (Å²) in [4.78, 5) is 0. The van der Waals surface area contributed by atoms with E-state index in [1.807, 2.05) is 0 Å². The molecule has 18 valence electrons. The Labute approximate surface area is 78.7 Å². The minimum atomic E-state index is 0. The molecule has 0 aliphatic carbocycles. The molecule has 0 N–H and O–H groups in total. The average Bonchev–Trinajstić information content (AvgIpc) is 1.00. The minimum Gasteiger partial charge on any atom is -0.381 e. The van der Waals surface area contributed by atoms with Crippen LogP contribution in [0.1, 0.15) is 0 Å². The molecule has 0 aliphatic heterocycles. The van der Waals surface area contributed by atoms with Gasteiger partial charge in [-0.15, -0.1) is 0 Å². The molecule has 1 nitrogen and oxygen atoms in total. The van der Waals surface area contributed by atoms with E-state index in [1.165, 1.54) is 0 Å². The van der Waals surface area contributed by atoms with Gasteiger partial charge in [0.2, 0.25) is 0 Å². The Morgan fingerprint density at radius 3 is 1.20 bits per heavy atom. The van der Waals surface area contributed by atoms with Gasteiger partial charge in [0.25, 0.3) is 0 Å². The summed E-state index contributed by atoms with van der Waals surface area (Å²) in [6.07, 6.45) is 0. The summed E-state index contributed by atoms with van der Waals surface area (Å²) in [5.74, 6) is 0. The van der Waals surface area contributed by atoms with Crippen LogP contribution < -0.4 is 0 Å². The predicted molar refractivity (Wildman–Crippen MR) is 17.9 cm³/mol. The van der Waals surface area contributed by atoms with E-state index >= 15 is 0 Å². The van der Waals surface area contributed by atoms with Crippen LogP contribution in [0.3, 0.4) is 0 Å². The topological polar surface area (TPSA) is 17.1 Å². The number of hydrogen-bond acceptors (Lipinski definition) is 1. The quantitative estimate of drug-likeness (QED) is 0.510. The molecule has 0 aromatic carbocycles. The fraction of sp³-hybridized carbons (Fsp3) is 0. The van der Waals surface area contributed by atoms with Gasteiger partial charge in [-0.1, -0.05) is 0 Å². The first-order valence-electron chi connectivity index (χ1n) is 0.204. The van der Waals surface area contributed by atoms with Crippen molar-refractivity contribution in [1.82, 2.24) is 0 Å². The summed E-state index contributed by atoms with van der Waals surface area (Å²) in [7, 11) is 1.72. The molecule has 0 spiro atoms. The van der Waals surface area contributed by atoms with Crippen molar-refractivity contribution in [1.29, 1.82) is 0 Å². The molecule has 0 unspecified atom stereocenters. The van der Waals surface area contributed by atoms with Crippen molar-refractivity contribution in [3.05, 3.63) is 0 Å². The fourth-order valence-corrected chi connectivity index (χ4v) is 0. The zero-order chi connectivity index (χ0) is 2.00. The van der Waals surface area contributed by atoms with E-state index in [0.717, 1.165) is 0 Å². The molecule has 0 saturated carbocycles. The van der Waals surface area contributed by atoms with Crippen LogP contribution in [-0.4, -0.2) is 55.8 Å². The molecule has 0 bridgehead atoms. The van der Waals surface area contributed by atoms with Crippen LogP contribution in [0.4, 0.5) is 0 Å². The molecule has 0 heterocycles. The third-order valence-electron chi connectivity index (χ3n) is 0. The molecular formula is GaInOSiZn. The normalized spacial score (nSPS) is 0.800. The van der Waals surface area contributed by atoms with Gasteiger partial charge in [0.15, 0.2) is 0 Å². The Hall–Kier alpha value is 2.15. The molecule has 5 heavy (non-hydrogen) atoms. The first-order valence-corrected chi connectivity index (χ1v) is 0.612. The summed E-state index contributed by atoms with van der Waals surface area (Å²) in [5, 5.41) is 0. The first kappa shape index (κ1) is 27.3. The van der Waals surface area contributed by atoms with E-state index in [1.54, 1.807) is 10.1 Å². The Morgan fingerprint density at radius 1 is 1.20 bits per heavy atom. The van der Waals surface area contributed by atoms with Crippen LogP contribution in [-0.2, 0) is 23.9 Å². The van der Waals surface area contributed by atoms with Gasteiger partial charge in [0.1, 0.15) is 0 Å². The van der Waals surface area contributed by atoms with Gasteiger partial charge in [-0.2, -0.15) is 0 Å². The van der Waals surface area contributed by atoms with E-state index in [2.05, 4.69) is 0 Å². The Kier molecular flexibility index (Phi) is 193. The van der Waals surface area contributed by atoms with Gasteiger partial charge >= 0.3 is 10.1 Å². The molecule has 0 rings (SSSR count). The van der Waals surface area contributed by atoms with Crippen LogP contribution in [0, 0.1) is 0 Å². The molecular weight excluding hydrogens is 294 g/mol. The van der Waals surface area contributed by atoms with Crippen molar-refractivity contribution >= 4 is 55.8 Å². The van der Waals surface area contributed by atoms with Gasteiger partial charge < -0.3 is 4.46 Å². The largest absolute Gasteiger partial charge is 0.381 e. The van der Waals surface area contributed by atoms with E-state index in [9.17, 15) is 0 Å². The third-order valence-corrected chi connectivity index (χ3v) is 0. The SMILES string of the molecule is O=[Si].[Ga].[In].[Zn]. The molecule has 0 amide bonds.